The van der Waals surface area contributed by atoms with Crippen molar-refractivity contribution in [3.05, 3.63) is 29.7 Å². The Hall–Kier alpha value is -2.04. The normalized spacial score (nSPS) is 10.5. The van der Waals surface area contributed by atoms with E-state index in [0.29, 0.717) is 5.56 Å². The fourth-order valence-corrected chi connectivity index (χ4v) is 1.46. The average Bonchev–Trinajstić information content (AvgIpc) is 2.58. The minimum atomic E-state index is -0.686. The molecule has 4 N–H and O–H groups in total. The van der Waals surface area contributed by atoms with Gasteiger partial charge in [0, 0.05) is 11.1 Å². The first kappa shape index (κ1) is 9.51. The summed E-state index contributed by atoms with van der Waals surface area (Å²) < 4.78 is 13.6. The molecule has 0 radical (unpaired) electrons. The molecule has 0 aliphatic carbocycles. The molecule has 0 aliphatic heterocycles. The van der Waals surface area contributed by atoms with Crippen LogP contribution in [0.5, 0.6) is 5.75 Å². The van der Waals surface area contributed by atoms with Gasteiger partial charge in [0.1, 0.15) is 5.82 Å². The molecule has 1 aromatic carbocycles. The number of nitrogens with one attached hydrogen (secondary N) is 1. The maximum absolute atomic E-state index is 13.6. The van der Waals surface area contributed by atoms with Crippen LogP contribution in [-0.4, -0.2) is 15.3 Å². The Labute approximate surface area is 85.6 Å². The number of hydrogen-bond donors (Lipinski definition) is 3. The van der Waals surface area contributed by atoms with Gasteiger partial charge in [-0.05, 0) is 24.6 Å². The highest BCUT2D eigenvalue weighted by molar-refractivity contribution is 5.75. The lowest BCUT2D eigenvalue weighted by atomic mass is 10.0. The summed E-state index contributed by atoms with van der Waals surface area (Å²) in [7, 11) is 0. The van der Waals surface area contributed by atoms with E-state index in [2.05, 4.69) is 10.2 Å². The molecule has 0 saturated heterocycles. The van der Waals surface area contributed by atoms with E-state index in [-0.39, 0.29) is 17.1 Å². The van der Waals surface area contributed by atoms with Crippen molar-refractivity contribution in [1.82, 2.24) is 10.2 Å². The van der Waals surface area contributed by atoms with E-state index in [1.807, 2.05) is 0 Å². The van der Waals surface area contributed by atoms with E-state index in [1.165, 1.54) is 12.3 Å². The Morgan fingerprint density at radius 3 is 2.73 bits per heavy atom. The Balaban J connectivity index is 2.68. The molecule has 5 heteroatoms. The number of benzene rings is 1. The first-order valence-electron chi connectivity index (χ1n) is 4.38. The van der Waals surface area contributed by atoms with Crippen molar-refractivity contribution in [2.75, 3.05) is 5.73 Å². The van der Waals surface area contributed by atoms with Gasteiger partial charge in [-0.25, -0.2) is 4.39 Å². The van der Waals surface area contributed by atoms with Gasteiger partial charge in [0.25, 0.3) is 0 Å². The highest BCUT2D eigenvalue weighted by atomic mass is 19.1. The van der Waals surface area contributed by atoms with Gasteiger partial charge in [-0.3, -0.25) is 5.10 Å². The highest BCUT2D eigenvalue weighted by Crippen LogP contribution is 2.32. The number of aryl methyl sites for hydroxylation is 1. The monoisotopic (exact) mass is 207 g/mol. The molecule has 0 bridgehead atoms. The average molecular weight is 207 g/mol. The molecule has 0 fully saturated rings. The van der Waals surface area contributed by atoms with Crippen LogP contribution >= 0.6 is 0 Å². The van der Waals surface area contributed by atoms with Crippen molar-refractivity contribution < 1.29 is 9.50 Å². The molecule has 0 spiro atoms. The van der Waals surface area contributed by atoms with Crippen LogP contribution in [0.4, 0.5) is 10.2 Å². The third-order valence-corrected chi connectivity index (χ3v) is 2.16. The molecular formula is C10H10FN3O. The summed E-state index contributed by atoms with van der Waals surface area (Å²) in [6.07, 6.45) is 1.42. The van der Waals surface area contributed by atoms with Crippen LogP contribution in [0.2, 0.25) is 0 Å². The van der Waals surface area contributed by atoms with Crippen LogP contribution in [0.1, 0.15) is 5.56 Å². The second kappa shape index (κ2) is 3.27. The number of halogens is 1. The summed E-state index contributed by atoms with van der Waals surface area (Å²) in [5.41, 5.74) is 7.03. The number of phenolic OH excluding ortho intramolecular Hbond substituents is 1. The summed E-state index contributed by atoms with van der Waals surface area (Å²) >= 11 is 0. The zero-order valence-corrected chi connectivity index (χ0v) is 8.08. The fourth-order valence-electron chi connectivity index (χ4n) is 1.46. The second-order valence-electron chi connectivity index (χ2n) is 3.34. The lowest BCUT2D eigenvalue weighted by Gasteiger charge is -2.05. The van der Waals surface area contributed by atoms with E-state index in [0.717, 1.165) is 5.56 Å². The topological polar surface area (TPSA) is 74.9 Å². The Kier molecular flexibility index (Phi) is 2.07. The molecule has 1 heterocycles. The molecule has 15 heavy (non-hydrogen) atoms. The van der Waals surface area contributed by atoms with E-state index in [9.17, 15) is 9.50 Å². The van der Waals surface area contributed by atoms with Crippen LogP contribution in [0, 0.1) is 12.7 Å². The summed E-state index contributed by atoms with van der Waals surface area (Å²) in [5.74, 6) is -0.793. The van der Waals surface area contributed by atoms with Crippen molar-refractivity contribution in [2.24, 2.45) is 0 Å². The summed E-state index contributed by atoms with van der Waals surface area (Å²) in [5, 5.41) is 15.5. The SMILES string of the molecule is Cc1cc(O)c(F)c(-c2cn[nH]c2N)c1. The smallest absolute Gasteiger partial charge is 0.172 e. The highest BCUT2D eigenvalue weighted by Gasteiger charge is 2.13. The first-order valence-corrected chi connectivity index (χ1v) is 4.38. The van der Waals surface area contributed by atoms with E-state index >= 15 is 0 Å². The first-order chi connectivity index (χ1) is 7.09. The minimum absolute atomic E-state index is 0.249. The maximum Gasteiger partial charge on any atom is 0.172 e. The van der Waals surface area contributed by atoms with Crippen molar-refractivity contribution >= 4 is 5.82 Å². The largest absolute Gasteiger partial charge is 0.505 e. The van der Waals surface area contributed by atoms with Crippen LogP contribution in [-0.2, 0) is 0 Å². The number of anilines is 1. The van der Waals surface area contributed by atoms with Gasteiger partial charge in [-0.15, -0.1) is 0 Å². The van der Waals surface area contributed by atoms with Gasteiger partial charge in [-0.2, -0.15) is 5.10 Å². The molecule has 2 aromatic rings. The molecule has 1 aromatic heterocycles. The predicted octanol–water partition coefficient (Wildman–Crippen LogP) is 1.81. The fraction of sp³-hybridized carbons (Fsp3) is 0.100. The molecular weight excluding hydrogens is 197 g/mol. The van der Waals surface area contributed by atoms with E-state index in [1.54, 1.807) is 13.0 Å². The quantitative estimate of drug-likeness (QED) is 0.667. The van der Waals surface area contributed by atoms with Crippen LogP contribution in [0.15, 0.2) is 18.3 Å². The minimum Gasteiger partial charge on any atom is -0.505 e. The third-order valence-electron chi connectivity index (χ3n) is 2.16. The molecule has 2 rings (SSSR count). The van der Waals surface area contributed by atoms with Crippen molar-refractivity contribution in [3.8, 4) is 16.9 Å². The lowest BCUT2D eigenvalue weighted by molar-refractivity contribution is 0.433. The maximum atomic E-state index is 13.6. The molecule has 78 valence electrons. The van der Waals surface area contributed by atoms with Gasteiger partial charge < -0.3 is 10.8 Å². The number of hydrogen-bond acceptors (Lipinski definition) is 3. The predicted molar refractivity (Wildman–Crippen MR) is 54.8 cm³/mol. The van der Waals surface area contributed by atoms with Gasteiger partial charge in [0.05, 0.1) is 6.20 Å². The van der Waals surface area contributed by atoms with Gasteiger partial charge in [-0.1, -0.05) is 0 Å². The molecule has 0 atom stereocenters. The zero-order valence-electron chi connectivity index (χ0n) is 8.08. The molecule has 0 unspecified atom stereocenters. The van der Waals surface area contributed by atoms with Crippen molar-refractivity contribution in [1.29, 1.82) is 0 Å². The van der Waals surface area contributed by atoms with Crippen LogP contribution < -0.4 is 5.73 Å². The van der Waals surface area contributed by atoms with Gasteiger partial charge in [0.15, 0.2) is 11.6 Å². The van der Waals surface area contributed by atoms with Crippen molar-refractivity contribution in [2.45, 2.75) is 6.92 Å². The number of aromatic nitrogens is 2. The molecule has 0 saturated carbocycles. The number of rotatable bonds is 1. The van der Waals surface area contributed by atoms with Crippen LogP contribution in [0.25, 0.3) is 11.1 Å². The summed E-state index contributed by atoms with van der Waals surface area (Å²) in [6, 6.07) is 2.96. The second-order valence-corrected chi connectivity index (χ2v) is 3.34. The van der Waals surface area contributed by atoms with Crippen LogP contribution in [0.3, 0.4) is 0 Å². The number of nitrogen functional groups attached to an aromatic ring is 1. The number of phenols is 1. The standard InChI is InChI=1S/C10H10FN3O/c1-5-2-6(9(11)8(15)3-5)7-4-13-14-10(7)12/h2-4,15H,1H3,(H3,12,13,14). The number of nitrogens with two attached hydrogens (primary N) is 1. The van der Waals surface area contributed by atoms with E-state index < -0.39 is 5.82 Å². The Bertz CT molecular complexity index is 507. The van der Waals surface area contributed by atoms with Gasteiger partial charge >= 0.3 is 0 Å². The number of aromatic hydroxyl groups is 1. The molecule has 0 aliphatic rings. The number of nitrogens with zero attached hydrogens (tertiary/aromatic N) is 1. The lowest BCUT2D eigenvalue weighted by Crippen LogP contribution is -1.91. The van der Waals surface area contributed by atoms with E-state index in [4.69, 9.17) is 5.73 Å². The number of aromatic amines is 1. The zero-order chi connectivity index (χ0) is 11.0. The Morgan fingerprint density at radius 1 is 1.40 bits per heavy atom. The van der Waals surface area contributed by atoms with Crippen molar-refractivity contribution in [3.63, 3.8) is 0 Å². The molecule has 0 amide bonds. The summed E-state index contributed by atoms with van der Waals surface area (Å²) in [6.45, 7) is 1.76. The Morgan fingerprint density at radius 2 is 2.13 bits per heavy atom. The third kappa shape index (κ3) is 1.52. The number of H-pyrrole nitrogens is 1. The summed E-state index contributed by atoms with van der Waals surface area (Å²) in [4.78, 5) is 0. The van der Waals surface area contributed by atoms with Gasteiger partial charge in [0.2, 0.25) is 0 Å². The molecule has 4 nitrogen and oxygen atoms in total.